The van der Waals surface area contributed by atoms with Crippen LogP contribution in [0.15, 0.2) is 30.3 Å². The molecule has 0 radical (unpaired) electrons. The van der Waals surface area contributed by atoms with Gasteiger partial charge in [-0.1, -0.05) is 71.9 Å². The first kappa shape index (κ1) is 62.1. The molecule has 0 amide bonds. The molecule has 8 fully saturated rings. The molecule has 0 bridgehead atoms. The Labute approximate surface area is 489 Å². The van der Waals surface area contributed by atoms with Crippen LogP contribution in [0.3, 0.4) is 0 Å². The topological polar surface area (TPSA) is 184 Å². The predicted octanol–water partition coefficient (Wildman–Crippen LogP) is 12.9. The summed E-state index contributed by atoms with van der Waals surface area (Å²) in [6.45, 7) is 21.0. The van der Waals surface area contributed by atoms with Gasteiger partial charge < -0.3 is 33.2 Å². The number of carbonyl (C=O) groups excluding carboxylic acids is 7. The van der Waals surface area contributed by atoms with E-state index < -0.39 is 23.3 Å². The third-order valence-electron chi connectivity index (χ3n) is 24.6. The summed E-state index contributed by atoms with van der Waals surface area (Å²) in [6, 6.07) is 9.35. The molecular weight excluding hydrogens is 1040 g/mol. The lowest BCUT2D eigenvalue weighted by Gasteiger charge is -2.62. The van der Waals surface area contributed by atoms with Crippen LogP contribution in [0.1, 0.15) is 210 Å². The number of esters is 7. The zero-order valence-corrected chi connectivity index (χ0v) is 51.6. The molecule has 14 nitrogen and oxygen atoms in total. The van der Waals surface area contributed by atoms with Crippen molar-refractivity contribution in [2.75, 3.05) is 13.2 Å². The molecule has 0 N–H and O–H groups in total. The number of hydrogen-bond donors (Lipinski definition) is 0. The first-order valence-electron chi connectivity index (χ1n) is 32.0. The zero-order valence-electron chi connectivity index (χ0n) is 51.6. The first-order valence-corrected chi connectivity index (χ1v) is 32.0. The van der Waals surface area contributed by atoms with Crippen molar-refractivity contribution in [3.63, 3.8) is 0 Å². The average molecular weight is 1140 g/mol. The molecule has 0 aromatic heterocycles. The van der Waals surface area contributed by atoms with Crippen molar-refractivity contribution in [3.8, 4) is 0 Å². The molecule has 0 heterocycles. The van der Waals surface area contributed by atoms with Gasteiger partial charge in [0.15, 0.2) is 0 Å². The molecular formula is C68H100O14. The second kappa shape index (κ2) is 24.8. The van der Waals surface area contributed by atoms with Gasteiger partial charge in [0.25, 0.3) is 0 Å². The molecule has 20 atom stereocenters. The van der Waals surface area contributed by atoms with E-state index in [1.54, 1.807) is 6.92 Å². The molecule has 82 heavy (non-hydrogen) atoms. The van der Waals surface area contributed by atoms with Gasteiger partial charge in [-0.3, -0.25) is 33.6 Å². The minimum Gasteiger partial charge on any atom is -0.464 e. The third-order valence-corrected chi connectivity index (χ3v) is 24.6. The Morgan fingerprint density at radius 1 is 0.512 bits per heavy atom. The highest BCUT2D eigenvalue weighted by Gasteiger charge is 2.67. The largest absolute Gasteiger partial charge is 0.464 e. The van der Waals surface area contributed by atoms with Crippen LogP contribution < -0.4 is 0 Å². The van der Waals surface area contributed by atoms with Crippen molar-refractivity contribution < 1.29 is 66.7 Å². The van der Waals surface area contributed by atoms with Gasteiger partial charge >= 0.3 is 41.8 Å². The molecule has 8 saturated carbocycles. The van der Waals surface area contributed by atoms with Crippen LogP contribution in [0.25, 0.3) is 0 Å². The Bertz CT molecular complexity index is 2350. The summed E-state index contributed by atoms with van der Waals surface area (Å²) in [5.74, 6) is 1.74. The van der Waals surface area contributed by atoms with Gasteiger partial charge in [-0.2, -0.15) is 0 Å². The maximum atomic E-state index is 14.1. The Kier molecular flexibility index (Phi) is 18.8. The van der Waals surface area contributed by atoms with E-state index in [9.17, 15) is 33.6 Å². The van der Waals surface area contributed by atoms with Crippen molar-refractivity contribution in [2.24, 2.45) is 98.1 Å². The quantitative estimate of drug-likeness (QED) is 0.0941. The SMILES string of the molecule is CC(=O)O[C@@H]1CC[C@@]2(C)[C@H](CC[C@@H]3[C@@H]2C[C@H](OC(C)=O)[C@]2(C)[C@@H]([C@H](C)CCC(=O)OCC(C)(COC(=O)CC[C@@H](C)[C@H]4CC[C@H]5[C@@H]6CC[C@@H]7C[C@H](OC(C)=O)CC[C@]7(C)[C@H]6C[C@H](OC(C)=O)[C@]45C)C(=O)OCc4ccccc4)CC[C@@H]32)C1. The summed E-state index contributed by atoms with van der Waals surface area (Å²) in [5.41, 5.74) is -1.03. The Morgan fingerprint density at radius 2 is 0.927 bits per heavy atom. The minimum atomic E-state index is -1.48. The van der Waals surface area contributed by atoms with Crippen LogP contribution in [0.4, 0.5) is 0 Å². The van der Waals surface area contributed by atoms with Gasteiger partial charge in [-0.25, -0.2) is 0 Å². The highest BCUT2D eigenvalue weighted by molar-refractivity contribution is 5.78. The minimum absolute atomic E-state index is 0.00705. The van der Waals surface area contributed by atoms with Crippen LogP contribution in [-0.2, 0) is 73.3 Å². The molecule has 0 spiro atoms. The molecule has 0 saturated heterocycles. The summed E-state index contributed by atoms with van der Waals surface area (Å²) in [4.78, 5) is 91.4. The molecule has 456 valence electrons. The number of ether oxygens (including phenoxy) is 7. The molecule has 9 rings (SSSR count). The lowest BCUT2D eigenvalue weighted by atomic mass is 9.43. The summed E-state index contributed by atoms with van der Waals surface area (Å²) >= 11 is 0. The van der Waals surface area contributed by atoms with Crippen molar-refractivity contribution in [2.45, 2.75) is 236 Å². The fraction of sp³-hybridized carbons (Fsp3) is 0.809. The van der Waals surface area contributed by atoms with Crippen LogP contribution in [0.5, 0.6) is 0 Å². The van der Waals surface area contributed by atoms with E-state index in [-0.39, 0.29) is 126 Å². The number of benzene rings is 1. The normalized spacial score (nSPS) is 39.5. The first-order chi connectivity index (χ1) is 38.8. The molecule has 1 aromatic carbocycles. The highest BCUT2D eigenvalue weighted by atomic mass is 16.6. The van der Waals surface area contributed by atoms with Gasteiger partial charge in [0.1, 0.15) is 49.7 Å². The molecule has 8 aliphatic carbocycles. The number of rotatable bonds is 19. The fourth-order valence-corrected chi connectivity index (χ4v) is 20.4. The number of fused-ring (bicyclic) bond motifs is 10. The van der Waals surface area contributed by atoms with E-state index in [0.29, 0.717) is 60.2 Å². The van der Waals surface area contributed by atoms with E-state index in [0.717, 1.165) is 108 Å². The molecule has 14 heteroatoms. The van der Waals surface area contributed by atoms with Crippen LogP contribution in [0, 0.1) is 98.1 Å². The third kappa shape index (κ3) is 12.3. The van der Waals surface area contributed by atoms with Crippen LogP contribution in [-0.4, -0.2) is 79.4 Å². The second-order valence-electron chi connectivity index (χ2n) is 29.1. The monoisotopic (exact) mass is 1140 g/mol. The summed E-state index contributed by atoms with van der Waals surface area (Å²) in [5, 5.41) is 0. The smallest absolute Gasteiger partial charge is 0.319 e. The maximum Gasteiger partial charge on any atom is 0.319 e. The van der Waals surface area contributed by atoms with Gasteiger partial charge in [-0.05, 0) is 210 Å². The second-order valence-corrected chi connectivity index (χ2v) is 29.1. The highest BCUT2D eigenvalue weighted by Crippen LogP contribution is 2.71. The van der Waals surface area contributed by atoms with Gasteiger partial charge in [0.05, 0.1) is 0 Å². The van der Waals surface area contributed by atoms with Crippen molar-refractivity contribution in [1.29, 1.82) is 0 Å². The van der Waals surface area contributed by atoms with Crippen molar-refractivity contribution in [1.82, 2.24) is 0 Å². The van der Waals surface area contributed by atoms with E-state index in [1.807, 2.05) is 30.3 Å². The Hall–Kier alpha value is -4.49. The van der Waals surface area contributed by atoms with Crippen LogP contribution >= 0.6 is 0 Å². The van der Waals surface area contributed by atoms with Crippen molar-refractivity contribution >= 4 is 41.8 Å². The van der Waals surface area contributed by atoms with E-state index in [2.05, 4.69) is 41.5 Å². The zero-order chi connectivity index (χ0) is 59.1. The predicted molar refractivity (Wildman–Crippen MR) is 306 cm³/mol. The average Bonchev–Trinajstić information content (AvgIpc) is 1.52. The number of carbonyl (C=O) groups is 7. The van der Waals surface area contributed by atoms with Gasteiger partial charge in [0.2, 0.25) is 0 Å². The van der Waals surface area contributed by atoms with E-state index in [4.69, 9.17) is 33.2 Å². The lowest BCUT2D eigenvalue weighted by Crippen LogP contribution is -2.59. The molecule has 0 unspecified atom stereocenters. The summed E-state index contributed by atoms with van der Waals surface area (Å²) in [7, 11) is 0. The van der Waals surface area contributed by atoms with Gasteiger partial charge in [0, 0.05) is 51.4 Å². The Balaban J connectivity index is 0.809. The molecule has 1 aromatic rings. The molecule has 0 aliphatic heterocycles. The standard InChI is InChI=1S/C68H100O14/c1-40(53-23-25-55-51-21-19-47-33-49(79-42(3)69)29-31-65(47,8)57(51)35-59(67(53,55)10)81-44(5)71)17-27-61(73)77-38-64(7,63(75)76-37-46-15-13-12-14-16-46)39-78-62(74)28-18-41(2)54-24-26-56-52-22-20-48-34-50(80-43(4)70)30-32-66(48,9)58(52)36-60(68(54,56)11)82-45(6)72/h12-16,40-41,47-60H,17-39H2,1-11H3/t40-,41-,47-,48-,49-,50-,51+,52+,53-,54-,55+,56+,57+,58+,59+,60+,65+,66+,67-,68-/m1/s1. The number of hydrogen-bond acceptors (Lipinski definition) is 14. The molecule has 8 aliphatic rings. The summed E-state index contributed by atoms with van der Waals surface area (Å²) in [6.07, 6.45) is 16.5. The van der Waals surface area contributed by atoms with E-state index in [1.165, 1.54) is 27.7 Å². The lowest BCUT2D eigenvalue weighted by molar-refractivity contribution is -0.198. The van der Waals surface area contributed by atoms with E-state index >= 15 is 0 Å². The summed E-state index contributed by atoms with van der Waals surface area (Å²) < 4.78 is 42.0. The van der Waals surface area contributed by atoms with Crippen LogP contribution in [0.2, 0.25) is 0 Å². The van der Waals surface area contributed by atoms with Gasteiger partial charge in [-0.15, -0.1) is 0 Å². The van der Waals surface area contributed by atoms with Crippen molar-refractivity contribution in [3.05, 3.63) is 35.9 Å². The fourth-order valence-electron chi connectivity index (χ4n) is 20.4. The Morgan fingerprint density at radius 3 is 1.33 bits per heavy atom. The maximum absolute atomic E-state index is 14.1.